The molecule has 0 spiro atoms. The number of allylic oxidation sites excluding steroid dienone is 1. The zero-order valence-electron chi connectivity index (χ0n) is 7.65. The number of hydrogen-bond donors (Lipinski definition) is 0. The lowest BCUT2D eigenvalue weighted by Crippen LogP contribution is -2.38. The van der Waals surface area contributed by atoms with E-state index in [1.165, 1.54) is 5.57 Å². The molecule has 0 aliphatic heterocycles. The predicted molar refractivity (Wildman–Crippen MR) is 46.2 cm³/mol. The van der Waals surface area contributed by atoms with Crippen LogP contribution in [0.5, 0.6) is 0 Å². The van der Waals surface area contributed by atoms with Gasteiger partial charge >= 0.3 is 0 Å². The summed E-state index contributed by atoms with van der Waals surface area (Å²) < 4.78 is 13.0. The average Bonchev–Trinajstić information content (AvgIpc) is 1.80. The molecule has 0 unspecified atom stereocenters. The van der Waals surface area contributed by atoms with E-state index in [-0.39, 0.29) is 0 Å². The van der Waals surface area contributed by atoms with E-state index in [0.29, 0.717) is 24.7 Å². The van der Waals surface area contributed by atoms with Gasteiger partial charge in [-0.15, -0.1) is 0 Å². The highest BCUT2D eigenvalue weighted by Crippen LogP contribution is 2.45. The van der Waals surface area contributed by atoms with Crippen LogP contribution < -0.4 is 0 Å². The van der Waals surface area contributed by atoms with Gasteiger partial charge < -0.3 is 0 Å². The number of hydrogen-bond acceptors (Lipinski definition) is 0. The highest BCUT2D eigenvalue weighted by Gasteiger charge is 2.41. The van der Waals surface area contributed by atoms with Crippen molar-refractivity contribution < 1.29 is 4.39 Å². The maximum Gasteiger partial charge on any atom is 0.109 e. The Morgan fingerprint density at radius 3 is 2.27 bits per heavy atom. The van der Waals surface area contributed by atoms with Gasteiger partial charge in [-0.1, -0.05) is 26.0 Å². The van der Waals surface area contributed by atoms with Gasteiger partial charge in [-0.05, 0) is 31.6 Å². The summed E-state index contributed by atoms with van der Waals surface area (Å²) in [6, 6.07) is 0. The molecule has 1 saturated carbocycles. The first-order valence-corrected chi connectivity index (χ1v) is 4.30. The van der Waals surface area contributed by atoms with E-state index >= 15 is 0 Å². The zero-order chi connectivity index (χ0) is 8.65. The van der Waals surface area contributed by atoms with Crippen molar-refractivity contribution in [1.29, 1.82) is 0 Å². The zero-order valence-corrected chi connectivity index (χ0v) is 7.65. The minimum Gasteiger partial charge on any atom is -0.244 e. The lowest BCUT2D eigenvalue weighted by atomic mass is 9.68. The van der Waals surface area contributed by atoms with E-state index in [2.05, 4.69) is 20.4 Å². The Bertz CT molecular complexity index is 160. The van der Waals surface area contributed by atoms with Crippen molar-refractivity contribution in [3.63, 3.8) is 0 Å². The summed E-state index contributed by atoms with van der Waals surface area (Å²) >= 11 is 0. The fourth-order valence-corrected chi connectivity index (χ4v) is 1.70. The first-order valence-electron chi connectivity index (χ1n) is 4.30. The Morgan fingerprint density at radius 2 is 2.00 bits per heavy atom. The normalized spacial score (nSPS) is 37.0. The highest BCUT2D eigenvalue weighted by atomic mass is 19.1. The van der Waals surface area contributed by atoms with E-state index in [1.807, 2.05) is 0 Å². The van der Waals surface area contributed by atoms with E-state index in [1.54, 1.807) is 6.92 Å². The third kappa shape index (κ3) is 1.82. The van der Waals surface area contributed by atoms with Gasteiger partial charge in [0.05, 0.1) is 0 Å². The Morgan fingerprint density at radius 1 is 1.55 bits per heavy atom. The second-order valence-electron chi connectivity index (χ2n) is 4.25. The Hall–Kier alpha value is -0.330. The molecule has 1 aliphatic carbocycles. The summed E-state index contributed by atoms with van der Waals surface area (Å²) in [6.45, 7) is 9.90. The molecule has 1 heteroatoms. The van der Waals surface area contributed by atoms with Gasteiger partial charge in [-0.3, -0.25) is 0 Å². The second kappa shape index (κ2) is 2.62. The molecule has 0 aromatic carbocycles. The Kier molecular flexibility index (Phi) is 2.08. The molecule has 0 bridgehead atoms. The second-order valence-corrected chi connectivity index (χ2v) is 4.25. The minimum atomic E-state index is -0.900. The van der Waals surface area contributed by atoms with E-state index in [4.69, 9.17) is 0 Å². The van der Waals surface area contributed by atoms with Crippen LogP contribution in [0.4, 0.5) is 4.39 Å². The molecule has 0 amide bonds. The molecule has 0 aromatic heterocycles. The lowest BCUT2D eigenvalue weighted by Gasteiger charge is -2.41. The van der Waals surface area contributed by atoms with Crippen LogP contribution in [-0.4, -0.2) is 5.67 Å². The van der Waals surface area contributed by atoms with Gasteiger partial charge in [-0.2, -0.15) is 0 Å². The van der Waals surface area contributed by atoms with Crippen LogP contribution in [0.1, 0.15) is 33.6 Å². The SMILES string of the molecule is C=C(C(C)C)C1CC(C)(F)C1. The molecule has 0 saturated heterocycles. The summed E-state index contributed by atoms with van der Waals surface area (Å²) in [4.78, 5) is 0. The molecule has 0 radical (unpaired) electrons. The summed E-state index contributed by atoms with van der Waals surface area (Å²) in [7, 11) is 0. The predicted octanol–water partition coefficient (Wildman–Crippen LogP) is 3.34. The van der Waals surface area contributed by atoms with Crippen molar-refractivity contribution in [2.45, 2.75) is 39.3 Å². The van der Waals surface area contributed by atoms with E-state index < -0.39 is 5.67 Å². The van der Waals surface area contributed by atoms with Crippen LogP contribution in [0.2, 0.25) is 0 Å². The molecule has 0 nitrogen and oxygen atoms in total. The molecular weight excluding hydrogens is 139 g/mol. The summed E-state index contributed by atoms with van der Waals surface area (Å²) in [6.07, 6.45) is 1.37. The largest absolute Gasteiger partial charge is 0.244 e. The van der Waals surface area contributed by atoms with Crippen LogP contribution in [-0.2, 0) is 0 Å². The van der Waals surface area contributed by atoms with Crippen LogP contribution in [0, 0.1) is 11.8 Å². The van der Waals surface area contributed by atoms with Crippen molar-refractivity contribution >= 4 is 0 Å². The fourth-order valence-electron chi connectivity index (χ4n) is 1.70. The Labute approximate surface area is 68.5 Å². The summed E-state index contributed by atoms with van der Waals surface area (Å²) in [5.74, 6) is 0.959. The van der Waals surface area contributed by atoms with Crippen molar-refractivity contribution in [3.8, 4) is 0 Å². The van der Waals surface area contributed by atoms with Gasteiger partial charge in [0.15, 0.2) is 0 Å². The molecular formula is C10H17F. The number of alkyl halides is 1. The topological polar surface area (TPSA) is 0 Å². The standard InChI is InChI=1S/C10H17F/c1-7(2)8(3)9-5-10(4,11)6-9/h7,9H,3,5-6H2,1-2,4H3. The molecule has 1 aliphatic rings. The van der Waals surface area contributed by atoms with E-state index in [0.717, 1.165) is 0 Å². The Balaban J connectivity index is 2.38. The fraction of sp³-hybridized carbons (Fsp3) is 0.800. The van der Waals surface area contributed by atoms with Gasteiger partial charge in [0.25, 0.3) is 0 Å². The van der Waals surface area contributed by atoms with Crippen molar-refractivity contribution in [1.82, 2.24) is 0 Å². The quantitative estimate of drug-likeness (QED) is 0.538. The molecule has 0 aromatic rings. The maximum absolute atomic E-state index is 13.0. The monoisotopic (exact) mass is 156 g/mol. The van der Waals surface area contributed by atoms with Gasteiger partial charge in [-0.25, -0.2) is 4.39 Å². The molecule has 0 atom stereocenters. The first kappa shape index (κ1) is 8.76. The van der Waals surface area contributed by atoms with Gasteiger partial charge in [0.2, 0.25) is 0 Å². The van der Waals surface area contributed by atoms with Crippen LogP contribution in [0.15, 0.2) is 12.2 Å². The maximum atomic E-state index is 13.0. The summed E-state index contributed by atoms with van der Waals surface area (Å²) in [5, 5.41) is 0. The molecule has 11 heavy (non-hydrogen) atoms. The molecule has 0 heterocycles. The van der Waals surface area contributed by atoms with Gasteiger partial charge in [0, 0.05) is 0 Å². The number of rotatable bonds is 2. The average molecular weight is 156 g/mol. The van der Waals surface area contributed by atoms with Crippen molar-refractivity contribution in [2.24, 2.45) is 11.8 Å². The van der Waals surface area contributed by atoms with E-state index in [9.17, 15) is 4.39 Å². The summed E-state index contributed by atoms with van der Waals surface area (Å²) in [5.41, 5.74) is 0.322. The van der Waals surface area contributed by atoms with Gasteiger partial charge in [0.1, 0.15) is 5.67 Å². The third-order valence-electron chi connectivity index (χ3n) is 2.61. The molecule has 1 rings (SSSR count). The van der Waals surface area contributed by atoms with Crippen molar-refractivity contribution in [3.05, 3.63) is 12.2 Å². The van der Waals surface area contributed by atoms with Crippen LogP contribution >= 0.6 is 0 Å². The molecule has 1 fully saturated rings. The third-order valence-corrected chi connectivity index (χ3v) is 2.61. The highest BCUT2D eigenvalue weighted by molar-refractivity contribution is 5.12. The minimum absolute atomic E-state index is 0.449. The smallest absolute Gasteiger partial charge is 0.109 e. The lowest BCUT2D eigenvalue weighted by molar-refractivity contribution is 0.0392. The number of halogens is 1. The van der Waals surface area contributed by atoms with Crippen LogP contribution in [0.25, 0.3) is 0 Å². The van der Waals surface area contributed by atoms with Crippen LogP contribution in [0.3, 0.4) is 0 Å². The van der Waals surface area contributed by atoms with Crippen molar-refractivity contribution in [2.75, 3.05) is 0 Å². The first-order chi connectivity index (χ1) is 4.92. The molecule has 0 N–H and O–H groups in total. The molecule has 64 valence electrons.